The van der Waals surface area contributed by atoms with Crippen molar-refractivity contribution < 1.29 is 9.90 Å². The van der Waals surface area contributed by atoms with E-state index in [4.69, 9.17) is 0 Å². The van der Waals surface area contributed by atoms with Gasteiger partial charge in [-0.1, -0.05) is 24.3 Å². The zero-order valence-corrected chi connectivity index (χ0v) is 17.9. The standard InChI is InChI=1S/C22H31N5O2/c1-14-15(2)25-19(21(28)23-5)26-20(14)27-11-10-18(13-27)24-12-16-6-8-17(9-7-16)22(3,4)29/h6-9,18,24,29H,10-13H2,1-5H3,(H,23,28)/t18-/m1/s1. The molecule has 1 aliphatic heterocycles. The first-order chi connectivity index (χ1) is 13.7. The lowest BCUT2D eigenvalue weighted by Crippen LogP contribution is -2.33. The molecule has 7 nitrogen and oxygen atoms in total. The van der Waals surface area contributed by atoms with E-state index >= 15 is 0 Å². The Morgan fingerprint density at radius 2 is 1.93 bits per heavy atom. The molecule has 29 heavy (non-hydrogen) atoms. The van der Waals surface area contributed by atoms with Gasteiger partial charge in [0.25, 0.3) is 5.91 Å². The number of aliphatic hydroxyl groups is 1. The van der Waals surface area contributed by atoms with E-state index in [0.717, 1.165) is 48.7 Å². The Morgan fingerprint density at radius 1 is 1.24 bits per heavy atom. The predicted molar refractivity (Wildman–Crippen MR) is 114 cm³/mol. The maximum atomic E-state index is 12.0. The first-order valence-electron chi connectivity index (χ1n) is 10.1. The molecule has 1 aliphatic rings. The number of nitrogens with zero attached hydrogens (tertiary/aromatic N) is 3. The molecule has 3 rings (SSSR count). The molecule has 1 saturated heterocycles. The fraction of sp³-hybridized carbons (Fsp3) is 0.500. The van der Waals surface area contributed by atoms with Gasteiger partial charge in [0.15, 0.2) is 0 Å². The van der Waals surface area contributed by atoms with Crippen LogP contribution in [-0.2, 0) is 12.1 Å². The second-order valence-corrected chi connectivity index (χ2v) is 8.23. The largest absolute Gasteiger partial charge is 0.386 e. The smallest absolute Gasteiger partial charge is 0.288 e. The minimum atomic E-state index is -0.820. The van der Waals surface area contributed by atoms with Crippen molar-refractivity contribution in [2.24, 2.45) is 0 Å². The van der Waals surface area contributed by atoms with Crippen LogP contribution in [0.25, 0.3) is 0 Å². The van der Waals surface area contributed by atoms with Gasteiger partial charge in [-0.3, -0.25) is 4.79 Å². The molecule has 0 unspecified atom stereocenters. The molecule has 0 bridgehead atoms. The molecule has 2 aromatic rings. The number of aromatic nitrogens is 2. The third-order valence-electron chi connectivity index (χ3n) is 5.54. The summed E-state index contributed by atoms with van der Waals surface area (Å²) in [5, 5.41) is 16.3. The van der Waals surface area contributed by atoms with Gasteiger partial charge in [0.05, 0.1) is 5.60 Å². The highest BCUT2D eigenvalue weighted by Gasteiger charge is 2.26. The summed E-state index contributed by atoms with van der Waals surface area (Å²) in [6.45, 7) is 10.0. The summed E-state index contributed by atoms with van der Waals surface area (Å²) in [5.41, 5.74) is 3.12. The number of carbonyl (C=O) groups excluding carboxylic acids is 1. The van der Waals surface area contributed by atoms with Crippen molar-refractivity contribution in [2.45, 2.75) is 52.3 Å². The van der Waals surface area contributed by atoms with Crippen LogP contribution in [0.3, 0.4) is 0 Å². The number of nitrogens with one attached hydrogen (secondary N) is 2. The summed E-state index contributed by atoms with van der Waals surface area (Å²) in [6.07, 6.45) is 1.01. The molecule has 1 atom stereocenters. The summed E-state index contributed by atoms with van der Waals surface area (Å²) in [7, 11) is 1.59. The number of hydrogen-bond donors (Lipinski definition) is 3. The van der Waals surface area contributed by atoms with E-state index in [1.807, 2.05) is 26.0 Å². The van der Waals surface area contributed by atoms with Crippen LogP contribution in [0.15, 0.2) is 24.3 Å². The molecule has 0 saturated carbocycles. The third-order valence-corrected chi connectivity index (χ3v) is 5.54. The van der Waals surface area contributed by atoms with Crippen molar-refractivity contribution in [1.82, 2.24) is 20.6 Å². The Balaban J connectivity index is 1.63. The molecular weight excluding hydrogens is 366 g/mol. The predicted octanol–water partition coefficient (Wildman–Crippen LogP) is 2.05. The van der Waals surface area contributed by atoms with Gasteiger partial charge in [0.1, 0.15) is 5.82 Å². The number of anilines is 1. The number of hydrogen-bond acceptors (Lipinski definition) is 6. The Kier molecular flexibility index (Phi) is 6.19. The molecule has 1 fully saturated rings. The van der Waals surface area contributed by atoms with Gasteiger partial charge in [-0.15, -0.1) is 0 Å². The SMILES string of the molecule is CNC(=O)c1nc(C)c(C)c(N2CC[C@@H](NCc3ccc(C(C)(C)O)cc3)C2)n1. The topological polar surface area (TPSA) is 90.4 Å². The van der Waals surface area contributed by atoms with Crippen LogP contribution >= 0.6 is 0 Å². The molecule has 1 amide bonds. The van der Waals surface area contributed by atoms with Crippen molar-refractivity contribution in [3.8, 4) is 0 Å². The average molecular weight is 398 g/mol. The molecular formula is C22H31N5O2. The van der Waals surface area contributed by atoms with Crippen LogP contribution in [0, 0.1) is 13.8 Å². The first kappa shape index (κ1) is 21.2. The van der Waals surface area contributed by atoms with Crippen molar-refractivity contribution in [3.05, 3.63) is 52.5 Å². The lowest BCUT2D eigenvalue weighted by atomic mass is 9.97. The number of benzene rings is 1. The van der Waals surface area contributed by atoms with E-state index in [0.29, 0.717) is 6.04 Å². The number of aryl methyl sites for hydroxylation is 1. The highest BCUT2D eigenvalue weighted by Crippen LogP contribution is 2.24. The molecule has 1 aromatic carbocycles. The first-order valence-corrected chi connectivity index (χ1v) is 10.1. The van der Waals surface area contributed by atoms with Crippen molar-refractivity contribution in [3.63, 3.8) is 0 Å². The maximum Gasteiger partial charge on any atom is 0.288 e. The summed E-state index contributed by atoms with van der Waals surface area (Å²) in [5.74, 6) is 0.793. The molecule has 2 heterocycles. The third kappa shape index (κ3) is 4.92. The normalized spacial score (nSPS) is 16.9. The molecule has 156 valence electrons. The van der Waals surface area contributed by atoms with Gasteiger partial charge in [-0.05, 0) is 45.2 Å². The maximum absolute atomic E-state index is 12.0. The second kappa shape index (κ2) is 8.47. The van der Waals surface area contributed by atoms with Crippen LogP contribution in [-0.4, -0.2) is 47.2 Å². The van der Waals surface area contributed by atoms with Crippen LogP contribution < -0.4 is 15.5 Å². The Morgan fingerprint density at radius 3 is 2.55 bits per heavy atom. The minimum Gasteiger partial charge on any atom is -0.386 e. The van der Waals surface area contributed by atoms with E-state index in [1.54, 1.807) is 20.9 Å². The van der Waals surface area contributed by atoms with E-state index in [9.17, 15) is 9.90 Å². The molecule has 1 aromatic heterocycles. The van der Waals surface area contributed by atoms with Gasteiger partial charge in [0, 0.05) is 44.0 Å². The van der Waals surface area contributed by atoms with Crippen LogP contribution in [0.5, 0.6) is 0 Å². The summed E-state index contributed by atoms with van der Waals surface area (Å²) < 4.78 is 0. The highest BCUT2D eigenvalue weighted by atomic mass is 16.3. The Hall–Kier alpha value is -2.51. The van der Waals surface area contributed by atoms with Crippen molar-refractivity contribution in [1.29, 1.82) is 0 Å². The highest BCUT2D eigenvalue weighted by molar-refractivity contribution is 5.90. The Labute approximate surface area is 172 Å². The molecule has 0 spiro atoms. The monoisotopic (exact) mass is 397 g/mol. The van der Waals surface area contributed by atoms with E-state index < -0.39 is 5.60 Å². The molecule has 3 N–H and O–H groups in total. The zero-order valence-electron chi connectivity index (χ0n) is 17.9. The van der Waals surface area contributed by atoms with E-state index in [1.165, 1.54) is 5.56 Å². The van der Waals surface area contributed by atoms with Crippen LogP contribution in [0.4, 0.5) is 5.82 Å². The number of amides is 1. The molecule has 0 aliphatic carbocycles. The van der Waals surface area contributed by atoms with Gasteiger partial charge in [-0.2, -0.15) is 0 Å². The second-order valence-electron chi connectivity index (χ2n) is 8.23. The number of rotatable bonds is 6. The lowest BCUT2D eigenvalue weighted by Gasteiger charge is -2.21. The van der Waals surface area contributed by atoms with E-state index in [-0.39, 0.29) is 11.7 Å². The summed E-state index contributed by atoms with van der Waals surface area (Å²) in [4.78, 5) is 23.0. The summed E-state index contributed by atoms with van der Waals surface area (Å²) >= 11 is 0. The molecule has 0 radical (unpaired) electrons. The van der Waals surface area contributed by atoms with Gasteiger partial charge in [-0.25, -0.2) is 9.97 Å². The fourth-order valence-electron chi connectivity index (χ4n) is 3.55. The van der Waals surface area contributed by atoms with Gasteiger partial charge in [0.2, 0.25) is 5.82 Å². The van der Waals surface area contributed by atoms with Gasteiger partial charge >= 0.3 is 0 Å². The Bertz CT molecular complexity index is 874. The summed E-state index contributed by atoms with van der Waals surface area (Å²) in [6, 6.07) is 8.42. The van der Waals surface area contributed by atoms with Crippen molar-refractivity contribution >= 4 is 11.7 Å². The van der Waals surface area contributed by atoms with Gasteiger partial charge < -0.3 is 20.6 Å². The molecule has 7 heteroatoms. The minimum absolute atomic E-state index is 0.217. The lowest BCUT2D eigenvalue weighted by molar-refractivity contribution is 0.0785. The van der Waals surface area contributed by atoms with E-state index in [2.05, 4.69) is 37.6 Å². The van der Waals surface area contributed by atoms with Crippen molar-refractivity contribution in [2.75, 3.05) is 25.0 Å². The average Bonchev–Trinajstić information content (AvgIpc) is 3.16. The number of carbonyl (C=O) groups is 1. The quantitative estimate of drug-likeness (QED) is 0.691. The zero-order chi connectivity index (χ0) is 21.2. The van der Waals surface area contributed by atoms with Crippen LogP contribution in [0.1, 0.15) is 53.3 Å². The fourth-order valence-corrected chi connectivity index (χ4v) is 3.55. The van der Waals surface area contributed by atoms with Crippen LogP contribution in [0.2, 0.25) is 0 Å².